The molecule has 0 radical (unpaired) electrons. The number of aromatic nitrogens is 3. The Kier molecular flexibility index (Phi) is 7.13. The zero-order valence-corrected chi connectivity index (χ0v) is 22.0. The number of likely N-dealkylation sites (tertiary alicyclic amines) is 1. The third-order valence-corrected chi connectivity index (χ3v) is 7.47. The van der Waals surface area contributed by atoms with Gasteiger partial charge in [0.05, 0.1) is 17.3 Å². The minimum atomic E-state index is -0.394. The molecule has 0 bridgehead atoms. The third-order valence-electron chi connectivity index (χ3n) is 6.63. The summed E-state index contributed by atoms with van der Waals surface area (Å²) in [5, 5.41) is 5.82. The summed E-state index contributed by atoms with van der Waals surface area (Å²) in [6.45, 7) is 12.8. The average Bonchev–Trinajstić information content (AvgIpc) is 3.28. The molecule has 34 heavy (non-hydrogen) atoms. The number of benzene rings is 1. The molecule has 6 nitrogen and oxygen atoms in total. The molecule has 0 amide bonds. The highest BCUT2D eigenvalue weighted by Gasteiger charge is 2.28. The molecule has 1 saturated heterocycles. The molecule has 0 unspecified atom stereocenters. The van der Waals surface area contributed by atoms with E-state index in [4.69, 9.17) is 33.7 Å². The Bertz CT molecular complexity index is 1160. The van der Waals surface area contributed by atoms with E-state index in [2.05, 4.69) is 46.6 Å². The molecular weight excluding hydrogens is 469 g/mol. The molecule has 1 fully saturated rings. The fourth-order valence-corrected chi connectivity index (χ4v) is 5.17. The van der Waals surface area contributed by atoms with Crippen LogP contribution in [0.15, 0.2) is 36.8 Å². The summed E-state index contributed by atoms with van der Waals surface area (Å²) >= 11 is 12.9. The van der Waals surface area contributed by atoms with Crippen LogP contribution in [0.4, 0.5) is 5.82 Å². The summed E-state index contributed by atoms with van der Waals surface area (Å²) in [4.78, 5) is 6.90. The van der Waals surface area contributed by atoms with Crippen LogP contribution in [0.5, 0.6) is 5.75 Å². The first kappa shape index (κ1) is 24.8. The lowest BCUT2D eigenvalue weighted by atomic mass is 9.98. The molecule has 2 N–H and O–H groups in total. The van der Waals surface area contributed by atoms with Crippen LogP contribution >= 0.6 is 23.2 Å². The second-order valence-electron chi connectivity index (χ2n) is 10.1. The Balaban J connectivity index is 1.51. The minimum Gasteiger partial charge on any atom is -0.482 e. The largest absolute Gasteiger partial charge is 0.482 e. The van der Waals surface area contributed by atoms with Gasteiger partial charge in [-0.3, -0.25) is 9.58 Å². The third kappa shape index (κ3) is 5.19. The van der Waals surface area contributed by atoms with Crippen molar-refractivity contribution in [2.24, 2.45) is 0 Å². The summed E-state index contributed by atoms with van der Waals surface area (Å²) in [6, 6.07) is 6.02. The fraction of sp³-hybridized carbons (Fsp3) is 0.462. The second kappa shape index (κ2) is 9.76. The van der Waals surface area contributed by atoms with Crippen molar-refractivity contribution in [1.29, 1.82) is 0 Å². The van der Waals surface area contributed by atoms with E-state index in [0.29, 0.717) is 27.7 Å². The summed E-state index contributed by atoms with van der Waals surface area (Å²) < 4.78 is 8.27. The van der Waals surface area contributed by atoms with Crippen LogP contribution in [-0.4, -0.2) is 38.3 Å². The molecule has 182 valence electrons. The van der Waals surface area contributed by atoms with Gasteiger partial charge in [0.15, 0.2) is 11.6 Å². The van der Waals surface area contributed by atoms with Crippen molar-refractivity contribution in [2.45, 2.75) is 65.1 Å². The first-order valence-electron chi connectivity index (χ1n) is 11.7. The maximum atomic E-state index is 6.51. The smallest absolute Gasteiger partial charge is 0.166 e. The standard InChI is InChI=1S/C26H33Cl2N5O/c1-16-6-7-21(27)23(24(16)28)17(2)34-22-12-18(13-30-25(22)29)19-14-31-33(15-19)20-8-10-32(11-9-20)26(3,4)5/h6-7,12-15,17,20H,8-11H2,1-5H3,(H2,29,30)/t17-/m1/s1. The summed E-state index contributed by atoms with van der Waals surface area (Å²) in [5.74, 6) is 0.808. The van der Waals surface area contributed by atoms with Gasteiger partial charge in [-0.25, -0.2) is 4.98 Å². The molecule has 1 aliphatic heterocycles. The number of anilines is 1. The number of aryl methyl sites for hydroxylation is 1. The monoisotopic (exact) mass is 501 g/mol. The van der Waals surface area contributed by atoms with Crippen LogP contribution in [-0.2, 0) is 0 Å². The van der Waals surface area contributed by atoms with Gasteiger partial charge < -0.3 is 10.5 Å². The van der Waals surface area contributed by atoms with Crippen LogP contribution in [0.3, 0.4) is 0 Å². The van der Waals surface area contributed by atoms with Gasteiger partial charge in [0, 0.05) is 52.7 Å². The van der Waals surface area contributed by atoms with Gasteiger partial charge in [-0.1, -0.05) is 29.3 Å². The molecule has 8 heteroatoms. The Labute approximate surface area is 212 Å². The van der Waals surface area contributed by atoms with E-state index in [1.165, 1.54) is 0 Å². The van der Waals surface area contributed by atoms with E-state index in [-0.39, 0.29) is 5.54 Å². The average molecular weight is 502 g/mol. The maximum absolute atomic E-state index is 6.51. The van der Waals surface area contributed by atoms with Crippen molar-refractivity contribution in [3.05, 3.63) is 58.0 Å². The first-order valence-corrected chi connectivity index (χ1v) is 12.5. The molecule has 1 aliphatic rings. The molecular formula is C26H33Cl2N5O. The van der Waals surface area contributed by atoms with Crippen LogP contribution in [0.2, 0.25) is 10.0 Å². The van der Waals surface area contributed by atoms with Gasteiger partial charge in [-0.2, -0.15) is 5.10 Å². The number of hydrogen-bond acceptors (Lipinski definition) is 5. The molecule has 0 spiro atoms. The number of nitrogens with zero attached hydrogens (tertiary/aromatic N) is 4. The number of hydrogen-bond donors (Lipinski definition) is 1. The van der Waals surface area contributed by atoms with Crippen LogP contribution < -0.4 is 10.5 Å². The van der Waals surface area contributed by atoms with E-state index in [1.54, 1.807) is 6.20 Å². The van der Waals surface area contributed by atoms with Crippen molar-refractivity contribution in [1.82, 2.24) is 19.7 Å². The number of halogens is 2. The number of ether oxygens (including phenoxy) is 1. The van der Waals surface area contributed by atoms with Crippen LogP contribution in [0.1, 0.15) is 63.8 Å². The van der Waals surface area contributed by atoms with Gasteiger partial charge in [-0.05, 0) is 65.2 Å². The number of pyridine rings is 1. The van der Waals surface area contributed by atoms with E-state index >= 15 is 0 Å². The van der Waals surface area contributed by atoms with Gasteiger partial charge in [0.25, 0.3) is 0 Å². The second-order valence-corrected chi connectivity index (χ2v) is 10.8. The van der Waals surface area contributed by atoms with Gasteiger partial charge >= 0.3 is 0 Å². The molecule has 3 heterocycles. The molecule has 0 aliphatic carbocycles. The molecule has 3 aromatic rings. The van der Waals surface area contributed by atoms with Crippen molar-refractivity contribution in [3.8, 4) is 16.9 Å². The lowest BCUT2D eigenvalue weighted by Crippen LogP contribution is -2.46. The van der Waals surface area contributed by atoms with E-state index < -0.39 is 6.10 Å². The zero-order valence-electron chi connectivity index (χ0n) is 20.5. The van der Waals surface area contributed by atoms with Crippen molar-refractivity contribution >= 4 is 29.0 Å². The van der Waals surface area contributed by atoms with Crippen molar-refractivity contribution < 1.29 is 4.74 Å². The number of nitrogens with two attached hydrogens (primary N) is 1. The summed E-state index contributed by atoms with van der Waals surface area (Å²) in [5.41, 5.74) is 9.91. The topological polar surface area (TPSA) is 69.2 Å². The zero-order chi connectivity index (χ0) is 24.6. The highest BCUT2D eigenvalue weighted by Crippen LogP contribution is 2.37. The quantitative estimate of drug-likeness (QED) is 0.420. The molecule has 2 aromatic heterocycles. The first-order chi connectivity index (χ1) is 16.0. The van der Waals surface area contributed by atoms with E-state index in [1.807, 2.05) is 38.2 Å². The van der Waals surface area contributed by atoms with Gasteiger partial charge in [0.2, 0.25) is 0 Å². The van der Waals surface area contributed by atoms with Gasteiger partial charge in [0.1, 0.15) is 6.10 Å². The maximum Gasteiger partial charge on any atom is 0.166 e. The highest BCUT2D eigenvalue weighted by atomic mass is 35.5. The summed E-state index contributed by atoms with van der Waals surface area (Å²) in [7, 11) is 0. The molecule has 0 saturated carbocycles. The fourth-order valence-electron chi connectivity index (χ4n) is 4.50. The van der Waals surface area contributed by atoms with Crippen LogP contribution in [0, 0.1) is 6.92 Å². The predicted molar refractivity (Wildman–Crippen MR) is 140 cm³/mol. The Hall–Kier alpha value is -2.28. The molecule has 1 aromatic carbocycles. The normalized spacial score (nSPS) is 16.6. The Morgan fingerprint density at radius 3 is 2.50 bits per heavy atom. The number of piperidine rings is 1. The lowest BCUT2D eigenvalue weighted by Gasteiger charge is -2.40. The predicted octanol–water partition coefficient (Wildman–Crippen LogP) is 6.72. The SMILES string of the molecule is Cc1ccc(Cl)c([C@@H](C)Oc2cc(-c3cnn(C4CCN(C(C)(C)C)CC4)c3)cnc2N)c1Cl. The highest BCUT2D eigenvalue weighted by molar-refractivity contribution is 6.36. The van der Waals surface area contributed by atoms with Crippen molar-refractivity contribution in [3.63, 3.8) is 0 Å². The Morgan fingerprint density at radius 2 is 1.82 bits per heavy atom. The molecule has 4 rings (SSSR count). The van der Waals surface area contributed by atoms with Gasteiger partial charge in [-0.15, -0.1) is 0 Å². The van der Waals surface area contributed by atoms with E-state index in [0.717, 1.165) is 48.2 Å². The number of nitrogen functional groups attached to an aromatic ring is 1. The number of rotatable bonds is 5. The van der Waals surface area contributed by atoms with Crippen molar-refractivity contribution in [2.75, 3.05) is 18.8 Å². The van der Waals surface area contributed by atoms with E-state index in [9.17, 15) is 0 Å². The minimum absolute atomic E-state index is 0.205. The summed E-state index contributed by atoms with van der Waals surface area (Å²) in [6.07, 6.45) is 7.50. The lowest BCUT2D eigenvalue weighted by molar-refractivity contribution is 0.0870. The molecule has 1 atom stereocenters. The Morgan fingerprint density at radius 1 is 1.12 bits per heavy atom. The van der Waals surface area contributed by atoms with Crippen LogP contribution in [0.25, 0.3) is 11.1 Å².